The summed E-state index contributed by atoms with van der Waals surface area (Å²) in [5, 5.41) is 0. The third kappa shape index (κ3) is 4.04. The minimum atomic E-state index is -0.796. The van der Waals surface area contributed by atoms with Gasteiger partial charge in [0.15, 0.2) is 0 Å². The van der Waals surface area contributed by atoms with E-state index in [2.05, 4.69) is 53.5 Å². The van der Waals surface area contributed by atoms with Crippen LogP contribution in [0.3, 0.4) is 0 Å². The van der Waals surface area contributed by atoms with Crippen LogP contribution in [-0.2, 0) is 5.54 Å². The van der Waals surface area contributed by atoms with E-state index < -0.39 is 5.54 Å². The molecule has 0 amide bonds. The van der Waals surface area contributed by atoms with E-state index in [-0.39, 0.29) is 5.78 Å². The highest BCUT2D eigenvalue weighted by Crippen LogP contribution is 2.41. The first kappa shape index (κ1) is 23.4. The molecule has 6 aromatic rings. The molecular weight excluding hydrogens is 464 g/mol. The molecule has 6 rings (SSSR count). The van der Waals surface area contributed by atoms with Gasteiger partial charge in [0.05, 0.1) is 12.5 Å². The van der Waals surface area contributed by atoms with Crippen molar-refractivity contribution in [3.63, 3.8) is 0 Å². The van der Waals surface area contributed by atoms with Crippen LogP contribution in [0.25, 0.3) is 11.1 Å². The molecule has 3 nitrogen and oxygen atoms in total. The van der Waals surface area contributed by atoms with Crippen molar-refractivity contribution in [3.8, 4) is 11.1 Å². The monoisotopic (exact) mass is 490 g/mol. The number of hydrogen-bond donors (Lipinski definition) is 0. The van der Waals surface area contributed by atoms with Gasteiger partial charge < -0.3 is 4.57 Å². The molecule has 0 aliphatic heterocycles. The van der Waals surface area contributed by atoms with Crippen LogP contribution >= 0.6 is 0 Å². The number of ketones is 1. The number of carbonyl (C=O) groups excluding carboxylic acids is 1. The summed E-state index contributed by atoms with van der Waals surface area (Å²) in [5.74, 6) is -0.0747. The summed E-state index contributed by atoms with van der Waals surface area (Å²) in [7, 11) is 0. The van der Waals surface area contributed by atoms with Crippen molar-refractivity contribution < 1.29 is 4.79 Å². The molecule has 0 spiro atoms. The molecule has 0 aliphatic carbocycles. The van der Waals surface area contributed by atoms with Crippen molar-refractivity contribution in [3.05, 3.63) is 186 Å². The molecule has 5 aromatic carbocycles. The number of aromatic nitrogens is 2. The van der Waals surface area contributed by atoms with E-state index in [1.165, 1.54) is 0 Å². The zero-order valence-corrected chi connectivity index (χ0v) is 20.8. The fourth-order valence-corrected chi connectivity index (χ4v) is 5.28. The number of benzene rings is 5. The number of hydrogen-bond acceptors (Lipinski definition) is 2. The second-order valence-corrected chi connectivity index (χ2v) is 9.23. The molecule has 0 N–H and O–H groups in total. The Balaban J connectivity index is 1.54. The van der Waals surface area contributed by atoms with Crippen molar-refractivity contribution in [2.24, 2.45) is 0 Å². The largest absolute Gasteiger partial charge is 0.309 e. The van der Waals surface area contributed by atoms with Crippen LogP contribution in [0.5, 0.6) is 0 Å². The lowest BCUT2D eigenvalue weighted by molar-refractivity contribution is 0.102. The van der Waals surface area contributed by atoms with E-state index in [1.54, 1.807) is 12.5 Å². The Morgan fingerprint density at radius 2 is 0.947 bits per heavy atom. The topological polar surface area (TPSA) is 34.9 Å². The first-order valence-corrected chi connectivity index (χ1v) is 12.7. The average molecular weight is 491 g/mol. The highest BCUT2D eigenvalue weighted by Gasteiger charge is 2.40. The Hall–Kier alpha value is -5.02. The first-order valence-electron chi connectivity index (χ1n) is 12.7. The highest BCUT2D eigenvalue weighted by atomic mass is 16.1. The molecule has 0 bridgehead atoms. The standard InChI is InChI=1S/C35H26N2O/c38-34(29-23-21-28(22-24-29)27-13-5-1-6-14-27)33-25-36-26-37(33)35(30-15-7-2-8-16-30,31-17-9-3-10-18-31)32-19-11-4-12-20-32/h1-26H. The molecule has 0 aliphatic rings. The van der Waals surface area contributed by atoms with Gasteiger partial charge >= 0.3 is 0 Å². The molecule has 0 saturated heterocycles. The maximum Gasteiger partial charge on any atom is 0.211 e. The third-order valence-corrected chi connectivity index (χ3v) is 7.06. The predicted octanol–water partition coefficient (Wildman–Crippen LogP) is 7.62. The Labute approximate surface area is 222 Å². The summed E-state index contributed by atoms with van der Waals surface area (Å²) in [4.78, 5) is 18.6. The van der Waals surface area contributed by atoms with Crippen LogP contribution in [0.4, 0.5) is 0 Å². The average Bonchev–Trinajstić information content (AvgIpc) is 3.50. The summed E-state index contributed by atoms with van der Waals surface area (Å²) < 4.78 is 2.03. The van der Waals surface area contributed by atoms with E-state index in [4.69, 9.17) is 0 Å². The van der Waals surface area contributed by atoms with Gasteiger partial charge in [0.25, 0.3) is 0 Å². The molecule has 182 valence electrons. The van der Waals surface area contributed by atoms with Gasteiger partial charge in [0.2, 0.25) is 5.78 Å². The van der Waals surface area contributed by atoms with Gasteiger partial charge in [-0.05, 0) is 27.8 Å². The van der Waals surface area contributed by atoms with Crippen LogP contribution in [0.2, 0.25) is 0 Å². The highest BCUT2D eigenvalue weighted by molar-refractivity contribution is 6.08. The van der Waals surface area contributed by atoms with E-state index in [0.717, 1.165) is 27.8 Å². The molecule has 0 saturated carbocycles. The maximum atomic E-state index is 14.1. The van der Waals surface area contributed by atoms with Crippen molar-refractivity contribution in [1.82, 2.24) is 9.55 Å². The van der Waals surface area contributed by atoms with Gasteiger partial charge in [-0.2, -0.15) is 0 Å². The fraction of sp³-hybridized carbons (Fsp3) is 0.0286. The normalized spacial score (nSPS) is 11.3. The van der Waals surface area contributed by atoms with Gasteiger partial charge in [0, 0.05) is 5.56 Å². The second kappa shape index (κ2) is 10.2. The van der Waals surface area contributed by atoms with Gasteiger partial charge in [-0.25, -0.2) is 4.98 Å². The molecule has 0 fully saturated rings. The minimum absolute atomic E-state index is 0.0747. The lowest BCUT2D eigenvalue weighted by Crippen LogP contribution is -2.39. The van der Waals surface area contributed by atoms with Gasteiger partial charge in [-0.15, -0.1) is 0 Å². The van der Waals surface area contributed by atoms with Gasteiger partial charge in [0.1, 0.15) is 11.2 Å². The minimum Gasteiger partial charge on any atom is -0.309 e. The van der Waals surface area contributed by atoms with E-state index in [1.807, 2.05) is 102 Å². The Morgan fingerprint density at radius 1 is 0.526 bits per heavy atom. The number of nitrogens with zero attached hydrogens (tertiary/aromatic N) is 2. The number of carbonyl (C=O) groups is 1. The smallest absolute Gasteiger partial charge is 0.211 e. The van der Waals surface area contributed by atoms with Crippen LogP contribution in [0.1, 0.15) is 32.7 Å². The first-order chi connectivity index (χ1) is 18.8. The summed E-state index contributed by atoms with van der Waals surface area (Å²) in [5.41, 5.74) is 5.67. The molecular formula is C35H26N2O. The SMILES string of the molecule is O=C(c1ccc(-c2ccccc2)cc1)c1cncn1C(c1ccccc1)(c1ccccc1)c1ccccc1. The maximum absolute atomic E-state index is 14.1. The summed E-state index contributed by atoms with van der Waals surface area (Å²) in [6, 6.07) is 48.9. The van der Waals surface area contributed by atoms with E-state index in [9.17, 15) is 4.79 Å². The summed E-state index contributed by atoms with van der Waals surface area (Å²) in [6.07, 6.45) is 3.45. The number of rotatable bonds is 7. The quantitative estimate of drug-likeness (QED) is 0.170. The molecule has 0 radical (unpaired) electrons. The molecule has 38 heavy (non-hydrogen) atoms. The molecule has 1 aromatic heterocycles. The van der Waals surface area contributed by atoms with Crippen molar-refractivity contribution in [1.29, 1.82) is 0 Å². The molecule has 3 heteroatoms. The van der Waals surface area contributed by atoms with Crippen molar-refractivity contribution >= 4 is 5.78 Å². The Morgan fingerprint density at radius 3 is 1.42 bits per heavy atom. The van der Waals surface area contributed by atoms with Crippen LogP contribution in [0.15, 0.2) is 158 Å². The summed E-state index contributed by atoms with van der Waals surface area (Å²) in [6.45, 7) is 0. The van der Waals surface area contributed by atoms with E-state index >= 15 is 0 Å². The van der Waals surface area contributed by atoms with Crippen LogP contribution in [0, 0.1) is 0 Å². The van der Waals surface area contributed by atoms with Crippen LogP contribution < -0.4 is 0 Å². The Bertz CT molecular complexity index is 1540. The lowest BCUT2D eigenvalue weighted by atomic mass is 9.76. The van der Waals surface area contributed by atoms with Crippen molar-refractivity contribution in [2.45, 2.75) is 5.54 Å². The number of imidazole rings is 1. The molecule has 0 atom stereocenters. The summed E-state index contributed by atoms with van der Waals surface area (Å²) >= 11 is 0. The zero-order chi connectivity index (χ0) is 25.8. The lowest BCUT2D eigenvalue weighted by Gasteiger charge is -2.38. The van der Waals surface area contributed by atoms with Crippen molar-refractivity contribution in [2.75, 3.05) is 0 Å². The fourth-order valence-electron chi connectivity index (χ4n) is 5.28. The molecule has 0 unspecified atom stereocenters. The van der Waals surface area contributed by atoms with Gasteiger partial charge in [-0.3, -0.25) is 4.79 Å². The Kier molecular flexibility index (Phi) is 6.25. The second-order valence-electron chi connectivity index (χ2n) is 9.23. The predicted molar refractivity (Wildman–Crippen MR) is 152 cm³/mol. The zero-order valence-electron chi connectivity index (χ0n) is 20.8. The van der Waals surface area contributed by atoms with Crippen LogP contribution in [-0.4, -0.2) is 15.3 Å². The molecule has 1 heterocycles. The van der Waals surface area contributed by atoms with Gasteiger partial charge in [-0.1, -0.05) is 146 Å². The van der Waals surface area contributed by atoms with E-state index in [0.29, 0.717) is 11.3 Å². The third-order valence-electron chi connectivity index (χ3n) is 7.06.